The van der Waals surface area contributed by atoms with E-state index in [9.17, 15) is 5.11 Å². The molecular formula is C14H17N3O3. The van der Waals surface area contributed by atoms with Gasteiger partial charge in [-0.15, -0.1) is 0 Å². The Bertz CT molecular complexity index is 618. The van der Waals surface area contributed by atoms with E-state index in [0.29, 0.717) is 18.0 Å². The molecule has 2 aromatic rings. The third-order valence-corrected chi connectivity index (χ3v) is 3.67. The van der Waals surface area contributed by atoms with Crippen LogP contribution in [0.1, 0.15) is 32.0 Å². The number of benzene rings is 1. The van der Waals surface area contributed by atoms with Crippen molar-refractivity contribution in [3.8, 4) is 17.2 Å². The van der Waals surface area contributed by atoms with Crippen molar-refractivity contribution in [2.75, 3.05) is 12.3 Å². The first-order valence-electron chi connectivity index (χ1n) is 6.66. The number of hydrogen-bond acceptors (Lipinski definition) is 6. The lowest BCUT2D eigenvalue weighted by Gasteiger charge is -2.30. The molecule has 106 valence electrons. The van der Waals surface area contributed by atoms with Gasteiger partial charge in [0, 0.05) is 6.61 Å². The third-order valence-electron chi connectivity index (χ3n) is 3.67. The lowest BCUT2D eigenvalue weighted by Crippen LogP contribution is -2.31. The number of ether oxygens (including phenoxy) is 1. The molecule has 20 heavy (non-hydrogen) atoms. The molecule has 1 atom stereocenters. The van der Waals surface area contributed by atoms with Gasteiger partial charge in [0.2, 0.25) is 5.82 Å². The molecule has 1 aliphatic rings. The zero-order valence-corrected chi connectivity index (χ0v) is 11.3. The Kier molecular flexibility index (Phi) is 3.10. The number of rotatable bonds is 2. The van der Waals surface area contributed by atoms with Gasteiger partial charge in [0.05, 0.1) is 11.3 Å². The van der Waals surface area contributed by atoms with Gasteiger partial charge in [-0.1, -0.05) is 11.2 Å². The number of phenols is 1. The van der Waals surface area contributed by atoms with Gasteiger partial charge < -0.3 is 20.1 Å². The second kappa shape index (κ2) is 4.79. The van der Waals surface area contributed by atoms with Crippen molar-refractivity contribution in [1.82, 2.24) is 10.1 Å². The van der Waals surface area contributed by atoms with Crippen LogP contribution in [0, 0.1) is 0 Å². The molecule has 0 spiro atoms. The molecule has 2 heterocycles. The summed E-state index contributed by atoms with van der Waals surface area (Å²) in [5.41, 5.74) is 5.86. The van der Waals surface area contributed by atoms with Crippen LogP contribution in [0.5, 0.6) is 5.75 Å². The summed E-state index contributed by atoms with van der Waals surface area (Å²) in [5.74, 6) is 0.714. The molecule has 6 heteroatoms. The highest BCUT2D eigenvalue weighted by Gasteiger charge is 2.35. The standard InChI is InChI=1S/C14H17N3O3/c1-14(7-2-3-8-19-14)13-16-12(20-17-13)9-5-4-6-10(15)11(9)18/h4-6,18H,2-3,7-8,15H2,1H3. The Morgan fingerprint density at radius 1 is 1.35 bits per heavy atom. The second-order valence-corrected chi connectivity index (χ2v) is 5.20. The number of nitrogen functional groups attached to an aromatic ring is 1. The average Bonchev–Trinajstić information content (AvgIpc) is 2.93. The van der Waals surface area contributed by atoms with E-state index in [1.807, 2.05) is 6.92 Å². The van der Waals surface area contributed by atoms with Gasteiger partial charge in [-0.3, -0.25) is 0 Å². The molecule has 3 rings (SSSR count). The van der Waals surface area contributed by atoms with E-state index in [1.54, 1.807) is 18.2 Å². The minimum absolute atomic E-state index is 0.0441. The lowest BCUT2D eigenvalue weighted by molar-refractivity contribution is -0.0770. The fourth-order valence-electron chi connectivity index (χ4n) is 2.39. The number of hydrogen-bond donors (Lipinski definition) is 2. The first-order valence-corrected chi connectivity index (χ1v) is 6.66. The molecule has 0 aliphatic carbocycles. The number of phenolic OH excluding ortho intramolecular Hbond substituents is 1. The molecule has 1 aliphatic heterocycles. The lowest BCUT2D eigenvalue weighted by atomic mass is 9.95. The van der Waals surface area contributed by atoms with E-state index in [0.717, 1.165) is 19.3 Å². The Labute approximate surface area is 116 Å². The van der Waals surface area contributed by atoms with Gasteiger partial charge in [0.25, 0.3) is 5.89 Å². The molecular weight excluding hydrogens is 258 g/mol. The molecule has 1 aromatic heterocycles. The van der Waals surface area contributed by atoms with Crippen LogP contribution < -0.4 is 5.73 Å². The number of anilines is 1. The van der Waals surface area contributed by atoms with Crippen molar-refractivity contribution < 1.29 is 14.4 Å². The van der Waals surface area contributed by atoms with Gasteiger partial charge in [0.15, 0.2) is 5.75 Å². The second-order valence-electron chi connectivity index (χ2n) is 5.20. The first-order chi connectivity index (χ1) is 9.60. The van der Waals surface area contributed by atoms with Gasteiger partial charge in [-0.25, -0.2) is 0 Å². The number of aromatic hydroxyl groups is 1. The molecule has 6 nitrogen and oxygen atoms in total. The fourth-order valence-corrected chi connectivity index (χ4v) is 2.39. The molecule has 0 bridgehead atoms. The molecule has 1 saturated heterocycles. The SMILES string of the molecule is CC1(c2noc(-c3cccc(N)c3O)n2)CCCCO1. The highest BCUT2D eigenvalue weighted by Crippen LogP contribution is 2.36. The minimum Gasteiger partial charge on any atom is -0.505 e. The Balaban J connectivity index is 1.96. The van der Waals surface area contributed by atoms with Crippen LogP contribution in [0.25, 0.3) is 11.5 Å². The van der Waals surface area contributed by atoms with Gasteiger partial charge in [-0.05, 0) is 38.3 Å². The van der Waals surface area contributed by atoms with E-state index in [-0.39, 0.29) is 17.3 Å². The first kappa shape index (κ1) is 12.9. The molecule has 0 radical (unpaired) electrons. The molecule has 0 amide bonds. The summed E-state index contributed by atoms with van der Waals surface area (Å²) in [6, 6.07) is 5.03. The summed E-state index contributed by atoms with van der Waals surface area (Å²) < 4.78 is 11.0. The summed E-state index contributed by atoms with van der Waals surface area (Å²) in [5, 5.41) is 13.9. The van der Waals surface area contributed by atoms with Crippen molar-refractivity contribution in [2.45, 2.75) is 31.8 Å². The topological polar surface area (TPSA) is 94.4 Å². The largest absolute Gasteiger partial charge is 0.505 e. The van der Waals surface area contributed by atoms with E-state index in [4.69, 9.17) is 15.0 Å². The monoisotopic (exact) mass is 275 g/mol. The maximum absolute atomic E-state index is 9.95. The normalized spacial score (nSPS) is 22.9. The van der Waals surface area contributed by atoms with Crippen molar-refractivity contribution in [3.63, 3.8) is 0 Å². The summed E-state index contributed by atoms with van der Waals surface area (Å²) in [4.78, 5) is 4.36. The number of nitrogens with zero attached hydrogens (tertiary/aromatic N) is 2. The predicted octanol–water partition coefficient (Wildman–Crippen LogP) is 2.44. The summed E-state index contributed by atoms with van der Waals surface area (Å²) >= 11 is 0. The Morgan fingerprint density at radius 2 is 2.20 bits per heavy atom. The quantitative estimate of drug-likeness (QED) is 0.645. The number of nitrogens with two attached hydrogens (primary N) is 1. The fraction of sp³-hybridized carbons (Fsp3) is 0.429. The Morgan fingerprint density at radius 3 is 2.95 bits per heavy atom. The van der Waals surface area contributed by atoms with Gasteiger partial charge >= 0.3 is 0 Å². The van der Waals surface area contributed by atoms with Crippen LogP contribution >= 0.6 is 0 Å². The van der Waals surface area contributed by atoms with Crippen molar-refractivity contribution >= 4 is 5.69 Å². The number of para-hydroxylation sites is 1. The maximum Gasteiger partial charge on any atom is 0.261 e. The van der Waals surface area contributed by atoms with Gasteiger partial charge in [0.1, 0.15) is 5.60 Å². The molecule has 1 fully saturated rings. The third kappa shape index (κ3) is 2.12. The van der Waals surface area contributed by atoms with Crippen LogP contribution in [0.2, 0.25) is 0 Å². The molecule has 0 saturated carbocycles. The van der Waals surface area contributed by atoms with Gasteiger partial charge in [-0.2, -0.15) is 4.98 Å². The van der Waals surface area contributed by atoms with Crippen LogP contribution in [0.15, 0.2) is 22.7 Å². The smallest absolute Gasteiger partial charge is 0.261 e. The van der Waals surface area contributed by atoms with Crippen LogP contribution in [0.3, 0.4) is 0 Å². The Hall–Kier alpha value is -2.08. The maximum atomic E-state index is 9.95. The van der Waals surface area contributed by atoms with Crippen molar-refractivity contribution in [1.29, 1.82) is 0 Å². The highest BCUT2D eigenvalue weighted by molar-refractivity contribution is 5.71. The van der Waals surface area contributed by atoms with E-state index < -0.39 is 5.60 Å². The van der Waals surface area contributed by atoms with Crippen molar-refractivity contribution in [3.05, 3.63) is 24.0 Å². The van der Waals surface area contributed by atoms with E-state index in [2.05, 4.69) is 10.1 Å². The van der Waals surface area contributed by atoms with Crippen LogP contribution in [-0.2, 0) is 10.3 Å². The molecule has 1 unspecified atom stereocenters. The molecule has 1 aromatic carbocycles. The summed E-state index contributed by atoms with van der Waals surface area (Å²) in [6.45, 7) is 2.66. The van der Waals surface area contributed by atoms with E-state index >= 15 is 0 Å². The molecule has 3 N–H and O–H groups in total. The highest BCUT2D eigenvalue weighted by atomic mass is 16.5. The average molecular weight is 275 g/mol. The predicted molar refractivity (Wildman–Crippen MR) is 73.0 cm³/mol. The summed E-state index contributed by atoms with van der Waals surface area (Å²) in [7, 11) is 0. The van der Waals surface area contributed by atoms with Crippen molar-refractivity contribution in [2.24, 2.45) is 0 Å². The van der Waals surface area contributed by atoms with E-state index in [1.165, 1.54) is 0 Å². The zero-order chi connectivity index (χ0) is 14.2. The zero-order valence-electron chi connectivity index (χ0n) is 11.3. The minimum atomic E-state index is -0.518. The van der Waals surface area contributed by atoms with Crippen LogP contribution in [0.4, 0.5) is 5.69 Å². The summed E-state index contributed by atoms with van der Waals surface area (Å²) in [6.07, 6.45) is 2.98. The number of aromatic nitrogens is 2. The van der Waals surface area contributed by atoms with Crippen LogP contribution in [-0.4, -0.2) is 21.9 Å².